The number of nitrogens with zero attached hydrogens (tertiary/aromatic N) is 4. The van der Waals surface area contributed by atoms with Crippen molar-refractivity contribution in [2.75, 3.05) is 27.2 Å². The number of hydrogen-bond acceptors (Lipinski definition) is 4. The maximum atomic E-state index is 4.20. The monoisotopic (exact) mass is 211 g/mol. The first-order valence-electron chi connectivity index (χ1n) is 5.29. The van der Waals surface area contributed by atoms with Crippen molar-refractivity contribution in [3.63, 3.8) is 0 Å². The molecule has 1 aromatic heterocycles. The molecule has 1 aromatic rings. The van der Waals surface area contributed by atoms with E-state index in [1.807, 2.05) is 18.8 Å². The van der Waals surface area contributed by atoms with Gasteiger partial charge in [0.1, 0.15) is 12.2 Å². The van der Waals surface area contributed by atoms with Crippen molar-refractivity contribution in [2.24, 2.45) is 13.0 Å². The molecule has 15 heavy (non-hydrogen) atoms. The Morgan fingerprint density at radius 1 is 1.60 bits per heavy atom. The zero-order chi connectivity index (χ0) is 11.3. The molecule has 0 fully saturated rings. The van der Waals surface area contributed by atoms with Crippen molar-refractivity contribution in [1.82, 2.24) is 25.0 Å². The SMILES string of the molecule is CNCC(C)CN(C)Cc1ncnn1C. The zero-order valence-corrected chi connectivity index (χ0v) is 10.1. The van der Waals surface area contributed by atoms with E-state index in [2.05, 4.69) is 34.3 Å². The molecule has 0 saturated heterocycles. The topological polar surface area (TPSA) is 46.0 Å². The normalized spacial score (nSPS) is 13.4. The van der Waals surface area contributed by atoms with Gasteiger partial charge in [0.15, 0.2) is 0 Å². The van der Waals surface area contributed by atoms with Crippen LogP contribution in [0.1, 0.15) is 12.7 Å². The molecular formula is C10H21N5. The number of aromatic nitrogens is 3. The van der Waals surface area contributed by atoms with E-state index in [1.165, 1.54) is 0 Å². The molecule has 1 heterocycles. The van der Waals surface area contributed by atoms with Crippen LogP contribution >= 0.6 is 0 Å². The molecule has 86 valence electrons. The summed E-state index contributed by atoms with van der Waals surface area (Å²) in [5, 5.41) is 7.23. The van der Waals surface area contributed by atoms with Gasteiger partial charge in [-0.1, -0.05) is 6.92 Å². The lowest BCUT2D eigenvalue weighted by atomic mass is 10.1. The quantitative estimate of drug-likeness (QED) is 0.725. The van der Waals surface area contributed by atoms with Gasteiger partial charge < -0.3 is 5.32 Å². The molecule has 0 aliphatic rings. The first kappa shape index (κ1) is 12.1. The molecule has 0 aliphatic heterocycles. The summed E-state index contributed by atoms with van der Waals surface area (Å²) >= 11 is 0. The molecule has 0 aliphatic carbocycles. The lowest BCUT2D eigenvalue weighted by Gasteiger charge is -2.20. The third-order valence-corrected chi connectivity index (χ3v) is 2.39. The molecule has 0 amide bonds. The highest BCUT2D eigenvalue weighted by molar-refractivity contribution is 4.82. The number of hydrogen-bond donors (Lipinski definition) is 1. The van der Waals surface area contributed by atoms with Gasteiger partial charge in [-0.3, -0.25) is 9.58 Å². The molecule has 0 aromatic carbocycles. The molecule has 1 unspecified atom stereocenters. The van der Waals surface area contributed by atoms with Gasteiger partial charge in [0.25, 0.3) is 0 Å². The van der Waals surface area contributed by atoms with E-state index >= 15 is 0 Å². The van der Waals surface area contributed by atoms with Crippen molar-refractivity contribution in [1.29, 1.82) is 0 Å². The molecule has 1 rings (SSSR count). The van der Waals surface area contributed by atoms with E-state index < -0.39 is 0 Å². The number of rotatable bonds is 6. The van der Waals surface area contributed by atoms with Crippen LogP contribution in [0, 0.1) is 5.92 Å². The summed E-state index contributed by atoms with van der Waals surface area (Å²) in [7, 11) is 6.02. The highest BCUT2D eigenvalue weighted by atomic mass is 15.3. The van der Waals surface area contributed by atoms with Gasteiger partial charge in [-0.05, 0) is 26.6 Å². The average Bonchev–Trinajstić information content (AvgIpc) is 2.52. The standard InChI is InChI=1S/C10H21N5/c1-9(5-11-2)6-14(3)7-10-12-8-13-15(10)4/h8-9,11H,5-7H2,1-4H3. The predicted octanol–water partition coefficient (Wildman–Crippen LogP) is 0.102. The minimum absolute atomic E-state index is 0.647. The molecule has 1 N–H and O–H groups in total. The Kier molecular flexibility index (Phi) is 4.71. The Hall–Kier alpha value is -0.940. The summed E-state index contributed by atoms with van der Waals surface area (Å²) in [5.74, 6) is 1.65. The van der Waals surface area contributed by atoms with Gasteiger partial charge >= 0.3 is 0 Å². The summed E-state index contributed by atoms with van der Waals surface area (Å²) in [6, 6.07) is 0. The fraction of sp³-hybridized carbons (Fsp3) is 0.800. The highest BCUT2D eigenvalue weighted by Gasteiger charge is 2.08. The predicted molar refractivity (Wildman–Crippen MR) is 60.4 cm³/mol. The van der Waals surface area contributed by atoms with Crippen molar-refractivity contribution in [3.8, 4) is 0 Å². The van der Waals surface area contributed by atoms with E-state index in [-0.39, 0.29) is 0 Å². The number of nitrogens with one attached hydrogen (secondary N) is 1. The molecule has 0 saturated carbocycles. The summed E-state index contributed by atoms with van der Waals surface area (Å²) in [6.07, 6.45) is 1.60. The first-order valence-corrected chi connectivity index (χ1v) is 5.29. The van der Waals surface area contributed by atoms with Gasteiger partial charge in [0.2, 0.25) is 0 Å². The molecule has 0 radical (unpaired) electrons. The number of aryl methyl sites for hydroxylation is 1. The van der Waals surface area contributed by atoms with Crippen LogP contribution in [0.2, 0.25) is 0 Å². The van der Waals surface area contributed by atoms with Gasteiger partial charge in [-0.2, -0.15) is 5.10 Å². The molecule has 0 bridgehead atoms. The Labute approximate surface area is 91.5 Å². The Balaban J connectivity index is 2.36. The third-order valence-electron chi connectivity index (χ3n) is 2.39. The summed E-state index contributed by atoms with van der Waals surface area (Å²) in [5.41, 5.74) is 0. The Morgan fingerprint density at radius 3 is 2.87 bits per heavy atom. The van der Waals surface area contributed by atoms with E-state index in [0.29, 0.717) is 5.92 Å². The maximum absolute atomic E-state index is 4.20. The second-order valence-corrected chi connectivity index (χ2v) is 4.16. The van der Waals surface area contributed by atoms with E-state index in [0.717, 1.165) is 25.5 Å². The van der Waals surface area contributed by atoms with Crippen LogP contribution in [-0.4, -0.2) is 46.8 Å². The summed E-state index contributed by atoms with van der Waals surface area (Å²) in [6.45, 7) is 5.20. The van der Waals surface area contributed by atoms with Crippen molar-refractivity contribution in [2.45, 2.75) is 13.5 Å². The third kappa shape index (κ3) is 3.97. The lowest BCUT2D eigenvalue weighted by molar-refractivity contribution is 0.267. The largest absolute Gasteiger partial charge is 0.319 e. The minimum Gasteiger partial charge on any atom is -0.319 e. The summed E-state index contributed by atoms with van der Waals surface area (Å²) in [4.78, 5) is 6.47. The van der Waals surface area contributed by atoms with E-state index in [4.69, 9.17) is 0 Å². The van der Waals surface area contributed by atoms with E-state index in [9.17, 15) is 0 Å². The average molecular weight is 211 g/mol. The second-order valence-electron chi connectivity index (χ2n) is 4.16. The molecular weight excluding hydrogens is 190 g/mol. The lowest BCUT2D eigenvalue weighted by Crippen LogP contribution is -2.30. The van der Waals surface area contributed by atoms with Crippen molar-refractivity contribution in [3.05, 3.63) is 12.2 Å². The van der Waals surface area contributed by atoms with Crippen LogP contribution in [0.15, 0.2) is 6.33 Å². The van der Waals surface area contributed by atoms with Crippen LogP contribution in [0.25, 0.3) is 0 Å². The van der Waals surface area contributed by atoms with E-state index in [1.54, 1.807) is 6.33 Å². The van der Waals surface area contributed by atoms with Crippen LogP contribution < -0.4 is 5.32 Å². The fourth-order valence-electron chi connectivity index (χ4n) is 1.71. The fourth-order valence-corrected chi connectivity index (χ4v) is 1.71. The highest BCUT2D eigenvalue weighted by Crippen LogP contribution is 2.01. The minimum atomic E-state index is 0.647. The second kappa shape index (κ2) is 5.82. The zero-order valence-electron chi connectivity index (χ0n) is 10.1. The van der Waals surface area contributed by atoms with Gasteiger partial charge in [0.05, 0.1) is 6.54 Å². The van der Waals surface area contributed by atoms with Crippen LogP contribution in [0.3, 0.4) is 0 Å². The van der Waals surface area contributed by atoms with Crippen LogP contribution in [0.5, 0.6) is 0 Å². The molecule has 1 atom stereocenters. The maximum Gasteiger partial charge on any atom is 0.140 e. The Bertz CT molecular complexity index is 283. The van der Waals surface area contributed by atoms with Crippen molar-refractivity contribution >= 4 is 0 Å². The van der Waals surface area contributed by atoms with Gasteiger partial charge in [-0.25, -0.2) is 4.98 Å². The molecule has 5 heteroatoms. The van der Waals surface area contributed by atoms with Crippen LogP contribution in [0.4, 0.5) is 0 Å². The molecule has 5 nitrogen and oxygen atoms in total. The smallest absolute Gasteiger partial charge is 0.140 e. The van der Waals surface area contributed by atoms with Crippen molar-refractivity contribution < 1.29 is 0 Å². The summed E-state index contributed by atoms with van der Waals surface area (Å²) < 4.78 is 1.82. The first-order chi connectivity index (χ1) is 7.13. The van der Waals surface area contributed by atoms with Crippen LogP contribution in [-0.2, 0) is 13.6 Å². The molecule has 0 spiro atoms. The van der Waals surface area contributed by atoms with Gasteiger partial charge in [-0.15, -0.1) is 0 Å². The van der Waals surface area contributed by atoms with Gasteiger partial charge in [0, 0.05) is 13.6 Å². The Morgan fingerprint density at radius 2 is 2.33 bits per heavy atom.